The van der Waals surface area contributed by atoms with E-state index < -0.39 is 0 Å². The Hall–Kier alpha value is -2.98. The minimum Gasteiger partial charge on any atom is -0.372 e. The number of carbonyl (C=O) groups is 3. The second kappa shape index (κ2) is 14.5. The van der Waals surface area contributed by atoms with Gasteiger partial charge in [-0.05, 0) is 50.0 Å². The van der Waals surface area contributed by atoms with E-state index in [4.69, 9.17) is 4.74 Å². The molecule has 1 aromatic rings. The number of rotatable bonds is 11. The van der Waals surface area contributed by atoms with E-state index in [9.17, 15) is 14.4 Å². The molecule has 5 N–H and O–H groups in total. The van der Waals surface area contributed by atoms with E-state index in [2.05, 4.69) is 31.8 Å². The highest BCUT2D eigenvalue weighted by molar-refractivity contribution is 5.85. The van der Waals surface area contributed by atoms with Crippen LogP contribution in [0.15, 0.2) is 35.4 Å². The van der Waals surface area contributed by atoms with Crippen molar-refractivity contribution in [3.63, 3.8) is 0 Å². The van der Waals surface area contributed by atoms with E-state index in [1.807, 2.05) is 37.3 Å². The van der Waals surface area contributed by atoms with Gasteiger partial charge < -0.3 is 26.0 Å². The average molecular weight is 501 g/mol. The third-order valence-electron chi connectivity index (χ3n) is 6.94. The summed E-state index contributed by atoms with van der Waals surface area (Å²) in [6.45, 7) is 3.65. The number of amides is 4. The summed E-state index contributed by atoms with van der Waals surface area (Å²) < 4.78 is 5.94. The summed E-state index contributed by atoms with van der Waals surface area (Å²) in [7, 11) is 1.67. The highest BCUT2D eigenvalue weighted by Crippen LogP contribution is 2.28. The largest absolute Gasteiger partial charge is 0.372 e. The summed E-state index contributed by atoms with van der Waals surface area (Å²) in [6, 6.07) is 8.99. The first-order valence-corrected chi connectivity index (χ1v) is 13.0. The molecule has 0 aromatic heterocycles. The Morgan fingerprint density at radius 3 is 2.58 bits per heavy atom. The van der Waals surface area contributed by atoms with Crippen LogP contribution in [-0.4, -0.2) is 62.4 Å². The summed E-state index contributed by atoms with van der Waals surface area (Å²) in [5.74, 6) is 0.447. The lowest BCUT2D eigenvalue weighted by atomic mass is 9.81. The van der Waals surface area contributed by atoms with Gasteiger partial charge in [0.1, 0.15) is 0 Å². The zero-order valence-corrected chi connectivity index (χ0v) is 21.3. The van der Waals surface area contributed by atoms with Crippen LogP contribution in [0.2, 0.25) is 0 Å². The van der Waals surface area contributed by atoms with Crippen molar-refractivity contribution in [2.45, 2.75) is 70.2 Å². The van der Waals surface area contributed by atoms with Crippen LogP contribution >= 0.6 is 0 Å². The molecule has 3 atom stereocenters. The molecule has 0 bridgehead atoms. The fourth-order valence-electron chi connectivity index (χ4n) is 4.64. The van der Waals surface area contributed by atoms with Crippen molar-refractivity contribution in [1.82, 2.24) is 26.7 Å². The van der Waals surface area contributed by atoms with Crippen LogP contribution in [0.5, 0.6) is 0 Å². The van der Waals surface area contributed by atoms with Crippen LogP contribution in [0, 0.1) is 11.8 Å². The van der Waals surface area contributed by atoms with E-state index in [-0.39, 0.29) is 42.0 Å². The van der Waals surface area contributed by atoms with Gasteiger partial charge in [-0.25, -0.2) is 10.2 Å². The van der Waals surface area contributed by atoms with Gasteiger partial charge in [0, 0.05) is 32.3 Å². The van der Waals surface area contributed by atoms with Crippen molar-refractivity contribution < 1.29 is 19.1 Å². The summed E-state index contributed by atoms with van der Waals surface area (Å²) >= 11 is 0. The number of urea groups is 1. The summed E-state index contributed by atoms with van der Waals surface area (Å²) in [5.41, 5.74) is 3.58. The molecule has 1 saturated heterocycles. The Bertz CT molecular complexity index is 872. The first-order chi connectivity index (χ1) is 17.5. The van der Waals surface area contributed by atoms with Crippen molar-refractivity contribution in [2.24, 2.45) is 16.9 Å². The molecular formula is C26H40N6O4. The monoisotopic (exact) mass is 500 g/mol. The van der Waals surface area contributed by atoms with Crippen LogP contribution in [0.4, 0.5) is 4.79 Å². The quantitative estimate of drug-likeness (QED) is 0.233. The minimum atomic E-state index is -0.378. The van der Waals surface area contributed by atoms with Gasteiger partial charge in [-0.15, -0.1) is 0 Å². The van der Waals surface area contributed by atoms with Gasteiger partial charge in [0.05, 0.1) is 24.8 Å². The van der Waals surface area contributed by atoms with Gasteiger partial charge in [0.2, 0.25) is 11.8 Å². The molecule has 36 heavy (non-hydrogen) atoms. The third kappa shape index (κ3) is 8.91. The van der Waals surface area contributed by atoms with E-state index >= 15 is 0 Å². The van der Waals surface area contributed by atoms with Crippen molar-refractivity contribution in [2.75, 3.05) is 20.1 Å². The molecule has 1 aliphatic carbocycles. The van der Waals surface area contributed by atoms with Crippen LogP contribution in [-0.2, 0) is 20.9 Å². The second-order valence-electron chi connectivity index (χ2n) is 9.57. The minimum absolute atomic E-state index is 0.0149. The van der Waals surface area contributed by atoms with Gasteiger partial charge >= 0.3 is 6.03 Å². The lowest BCUT2D eigenvalue weighted by Crippen LogP contribution is -2.46. The first-order valence-electron chi connectivity index (χ1n) is 13.0. The fourth-order valence-corrected chi connectivity index (χ4v) is 4.64. The standard InChI is InChI=1S/C26H40N6O4/c1-3-21(15-30-32-26(35)29-14-18-9-11-20(12-10-18)24(33)27-2)31-25(34)23-13-22(16-28-23)36-17-19-7-5-4-6-8-19/h4-8,15,18,20-23,28H,3,9-14,16-17H2,1-2H3,(H,27,33)(H,31,34)(H2,29,32,35)/b30-15+/t18?,20?,21-,22+,23-/m0/s1. The van der Waals surface area contributed by atoms with Crippen LogP contribution in [0.3, 0.4) is 0 Å². The van der Waals surface area contributed by atoms with E-state index in [1.165, 1.54) is 0 Å². The van der Waals surface area contributed by atoms with Crippen molar-refractivity contribution in [3.8, 4) is 0 Å². The predicted molar refractivity (Wildman–Crippen MR) is 138 cm³/mol. The topological polar surface area (TPSA) is 133 Å². The van der Waals surface area contributed by atoms with Crippen LogP contribution in [0.1, 0.15) is 51.0 Å². The maximum atomic E-state index is 12.7. The van der Waals surface area contributed by atoms with E-state index in [0.29, 0.717) is 38.5 Å². The SMILES string of the molecule is CC[C@@H](/C=N/NC(=O)NCC1CCC(C(=O)NC)CC1)NC(=O)[C@@H]1C[C@@H](OCc2ccccc2)CN1. The lowest BCUT2D eigenvalue weighted by Gasteiger charge is -2.27. The zero-order chi connectivity index (χ0) is 25.8. The number of nitrogens with one attached hydrogen (secondary N) is 5. The molecule has 10 nitrogen and oxygen atoms in total. The number of nitrogens with zero attached hydrogens (tertiary/aromatic N) is 1. The van der Waals surface area contributed by atoms with E-state index in [0.717, 1.165) is 31.2 Å². The smallest absolute Gasteiger partial charge is 0.335 e. The second-order valence-corrected chi connectivity index (χ2v) is 9.57. The van der Waals surface area contributed by atoms with Gasteiger partial charge in [0.25, 0.3) is 0 Å². The summed E-state index contributed by atoms with van der Waals surface area (Å²) in [5, 5.41) is 15.7. The summed E-state index contributed by atoms with van der Waals surface area (Å²) in [6.07, 6.45) is 6.31. The molecule has 3 rings (SSSR count). The Morgan fingerprint density at radius 2 is 1.89 bits per heavy atom. The summed E-state index contributed by atoms with van der Waals surface area (Å²) in [4.78, 5) is 36.5. The highest BCUT2D eigenvalue weighted by Gasteiger charge is 2.30. The first kappa shape index (κ1) is 27.6. The van der Waals surface area contributed by atoms with Crippen LogP contribution < -0.4 is 26.7 Å². The Labute approximate surface area is 213 Å². The highest BCUT2D eigenvalue weighted by atomic mass is 16.5. The molecule has 2 fully saturated rings. The van der Waals surface area contributed by atoms with Crippen LogP contribution in [0.25, 0.3) is 0 Å². The number of benzene rings is 1. The number of carbonyl (C=O) groups excluding carboxylic acids is 3. The Balaban J connectivity index is 1.31. The van der Waals surface area contributed by atoms with Gasteiger partial charge in [0.15, 0.2) is 0 Å². The Morgan fingerprint density at radius 1 is 1.14 bits per heavy atom. The molecule has 1 aromatic carbocycles. The molecular weight excluding hydrogens is 460 g/mol. The number of hydrogen-bond donors (Lipinski definition) is 5. The van der Waals surface area contributed by atoms with Crippen molar-refractivity contribution in [1.29, 1.82) is 0 Å². The fraction of sp³-hybridized carbons (Fsp3) is 0.615. The van der Waals surface area contributed by atoms with Gasteiger partial charge in [-0.2, -0.15) is 5.10 Å². The third-order valence-corrected chi connectivity index (χ3v) is 6.94. The molecule has 0 spiro atoms. The molecule has 198 valence electrons. The van der Waals surface area contributed by atoms with Crippen molar-refractivity contribution in [3.05, 3.63) is 35.9 Å². The number of hydrazone groups is 1. The van der Waals surface area contributed by atoms with E-state index in [1.54, 1.807) is 13.3 Å². The molecule has 1 aliphatic heterocycles. The lowest BCUT2D eigenvalue weighted by molar-refractivity contribution is -0.125. The molecule has 2 aliphatic rings. The molecule has 10 heteroatoms. The maximum Gasteiger partial charge on any atom is 0.335 e. The number of hydrogen-bond acceptors (Lipinski definition) is 6. The molecule has 0 radical (unpaired) electrons. The molecule has 0 unspecified atom stereocenters. The predicted octanol–water partition coefficient (Wildman–Crippen LogP) is 1.67. The molecule has 4 amide bonds. The Kier molecular flexibility index (Phi) is 11.2. The molecule has 1 saturated carbocycles. The van der Waals surface area contributed by atoms with Crippen molar-refractivity contribution >= 4 is 24.1 Å². The number of ether oxygens (including phenoxy) is 1. The van der Waals surface area contributed by atoms with Gasteiger partial charge in [-0.3, -0.25) is 9.59 Å². The average Bonchev–Trinajstić information content (AvgIpc) is 3.40. The van der Waals surface area contributed by atoms with Gasteiger partial charge in [-0.1, -0.05) is 37.3 Å². The maximum absolute atomic E-state index is 12.7. The normalized spacial score (nSPS) is 24.7. The molecule has 1 heterocycles. The zero-order valence-electron chi connectivity index (χ0n) is 21.3.